The van der Waals surface area contributed by atoms with Gasteiger partial charge in [-0.25, -0.2) is 4.79 Å². The summed E-state index contributed by atoms with van der Waals surface area (Å²) in [7, 11) is 0. The van der Waals surface area contributed by atoms with E-state index in [0.717, 1.165) is 41.0 Å². The molecule has 0 bridgehead atoms. The van der Waals surface area contributed by atoms with Gasteiger partial charge in [0.05, 0.1) is 0 Å². The molecule has 1 aromatic heterocycles. The van der Waals surface area contributed by atoms with E-state index >= 15 is 0 Å². The van der Waals surface area contributed by atoms with Gasteiger partial charge in [-0.2, -0.15) is 0 Å². The molecule has 2 saturated heterocycles. The fourth-order valence-electron chi connectivity index (χ4n) is 4.34. The Hall–Kier alpha value is -1.89. The number of nitrogens with zero attached hydrogens (tertiary/aromatic N) is 2. The van der Waals surface area contributed by atoms with Crippen molar-refractivity contribution in [1.82, 2.24) is 15.1 Å². The number of hydrogen-bond donors (Lipinski definition) is 1. The highest BCUT2D eigenvalue weighted by Gasteiger charge is 2.54. The van der Waals surface area contributed by atoms with Crippen LogP contribution in [0.4, 0.5) is 4.79 Å². The number of nitrogens with one attached hydrogen (secondary N) is 1. The molecule has 25 heavy (non-hydrogen) atoms. The number of carbonyl (C=O) groups excluding carboxylic acids is 3. The van der Waals surface area contributed by atoms with Crippen molar-refractivity contribution in [3.63, 3.8) is 0 Å². The van der Waals surface area contributed by atoms with Crippen LogP contribution in [0.25, 0.3) is 0 Å². The predicted octanol–water partition coefficient (Wildman–Crippen LogP) is 2.09. The number of thiophene rings is 1. The van der Waals surface area contributed by atoms with Gasteiger partial charge in [-0.15, -0.1) is 11.3 Å². The summed E-state index contributed by atoms with van der Waals surface area (Å²) >= 11 is 1.63. The van der Waals surface area contributed by atoms with Gasteiger partial charge in [-0.05, 0) is 49.5 Å². The van der Waals surface area contributed by atoms with Crippen LogP contribution in [0.15, 0.2) is 11.4 Å². The van der Waals surface area contributed by atoms with E-state index in [1.54, 1.807) is 16.2 Å². The molecule has 2 unspecified atom stereocenters. The van der Waals surface area contributed by atoms with Crippen LogP contribution >= 0.6 is 11.3 Å². The Labute approximate surface area is 151 Å². The maximum atomic E-state index is 13.1. The SMILES string of the molecule is CC1CCCN(C(=O)CN2C(=O)NC3(CCCc4sccc43)C2=O)C1. The first-order valence-corrected chi connectivity index (χ1v) is 9.88. The molecule has 0 aromatic carbocycles. The van der Waals surface area contributed by atoms with Gasteiger partial charge in [-0.3, -0.25) is 14.5 Å². The second-order valence-electron chi connectivity index (χ2n) is 7.42. The number of amides is 4. The first kappa shape index (κ1) is 16.6. The normalized spacial score (nSPS) is 29.1. The minimum Gasteiger partial charge on any atom is -0.341 e. The molecule has 4 rings (SSSR count). The van der Waals surface area contributed by atoms with Crippen LogP contribution in [0.3, 0.4) is 0 Å². The van der Waals surface area contributed by atoms with Gasteiger partial charge in [0, 0.05) is 23.5 Å². The lowest BCUT2D eigenvalue weighted by Gasteiger charge is -2.32. The summed E-state index contributed by atoms with van der Waals surface area (Å²) in [5.41, 5.74) is -0.0382. The average Bonchev–Trinajstić information content (AvgIpc) is 3.16. The molecule has 2 atom stereocenters. The Bertz CT molecular complexity index is 731. The minimum absolute atomic E-state index is 0.131. The van der Waals surface area contributed by atoms with Crippen LogP contribution in [0.1, 0.15) is 43.0 Å². The molecule has 2 aliphatic heterocycles. The summed E-state index contributed by atoms with van der Waals surface area (Å²) in [5.74, 6) is 0.0718. The average molecular weight is 361 g/mol. The lowest BCUT2D eigenvalue weighted by Crippen LogP contribution is -2.48. The molecule has 4 amide bonds. The van der Waals surface area contributed by atoms with Gasteiger partial charge >= 0.3 is 6.03 Å². The molecule has 7 heteroatoms. The van der Waals surface area contributed by atoms with Crippen LogP contribution in [0, 0.1) is 5.92 Å². The molecule has 6 nitrogen and oxygen atoms in total. The number of urea groups is 1. The first-order valence-electron chi connectivity index (χ1n) is 9.00. The van der Waals surface area contributed by atoms with E-state index in [2.05, 4.69) is 12.2 Å². The molecule has 0 saturated carbocycles. The number of fused-ring (bicyclic) bond motifs is 2. The molecule has 1 spiro atoms. The highest BCUT2D eigenvalue weighted by atomic mass is 32.1. The molecule has 3 heterocycles. The van der Waals surface area contributed by atoms with Gasteiger partial charge in [-0.1, -0.05) is 6.92 Å². The maximum Gasteiger partial charge on any atom is 0.325 e. The number of aryl methyl sites for hydroxylation is 1. The largest absolute Gasteiger partial charge is 0.341 e. The first-order chi connectivity index (χ1) is 12.0. The zero-order chi connectivity index (χ0) is 17.6. The Morgan fingerprint density at radius 2 is 2.24 bits per heavy atom. The van der Waals surface area contributed by atoms with Crippen molar-refractivity contribution in [2.45, 2.75) is 44.6 Å². The van der Waals surface area contributed by atoms with Gasteiger partial charge in [0.1, 0.15) is 12.1 Å². The van der Waals surface area contributed by atoms with E-state index in [1.807, 2.05) is 11.4 Å². The standard InChI is InChI=1S/C18H23N3O3S/c1-12-4-3-8-20(10-12)15(22)11-21-16(23)18(19-17(21)24)7-2-5-14-13(18)6-9-25-14/h6,9,12H,2-5,7-8,10-11H2,1H3,(H,19,24). The number of likely N-dealkylation sites (tertiary alicyclic amines) is 1. The topological polar surface area (TPSA) is 69.7 Å². The number of piperidine rings is 1. The Kier molecular flexibility index (Phi) is 4.06. The van der Waals surface area contributed by atoms with E-state index in [-0.39, 0.29) is 18.4 Å². The molecule has 0 radical (unpaired) electrons. The van der Waals surface area contributed by atoms with Crippen molar-refractivity contribution >= 4 is 29.2 Å². The summed E-state index contributed by atoms with van der Waals surface area (Å²) in [6, 6.07) is 1.50. The van der Waals surface area contributed by atoms with Gasteiger partial charge in [0.2, 0.25) is 5.91 Å². The summed E-state index contributed by atoms with van der Waals surface area (Å²) in [6.07, 6.45) is 4.52. The summed E-state index contributed by atoms with van der Waals surface area (Å²) < 4.78 is 0. The number of imide groups is 1. The van der Waals surface area contributed by atoms with Crippen molar-refractivity contribution in [2.24, 2.45) is 5.92 Å². The third kappa shape index (κ3) is 2.65. The number of carbonyl (C=O) groups is 3. The monoisotopic (exact) mass is 361 g/mol. The molecule has 1 aliphatic carbocycles. The quantitative estimate of drug-likeness (QED) is 0.820. The molecular weight excluding hydrogens is 338 g/mol. The fraction of sp³-hybridized carbons (Fsp3) is 0.611. The van der Waals surface area contributed by atoms with Crippen LogP contribution in [0.2, 0.25) is 0 Å². The molecule has 2 fully saturated rings. The van der Waals surface area contributed by atoms with Crippen molar-refractivity contribution in [2.75, 3.05) is 19.6 Å². The van der Waals surface area contributed by atoms with Crippen LogP contribution < -0.4 is 5.32 Å². The Balaban J connectivity index is 1.54. The van der Waals surface area contributed by atoms with E-state index in [0.29, 0.717) is 25.4 Å². The van der Waals surface area contributed by atoms with Crippen molar-refractivity contribution in [3.8, 4) is 0 Å². The second-order valence-corrected chi connectivity index (χ2v) is 8.43. The lowest BCUT2D eigenvalue weighted by atomic mass is 9.80. The van der Waals surface area contributed by atoms with E-state index < -0.39 is 11.6 Å². The van der Waals surface area contributed by atoms with Crippen molar-refractivity contribution in [1.29, 1.82) is 0 Å². The van der Waals surface area contributed by atoms with Crippen molar-refractivity contribution < 1.29 is 14.4 Å². The maximum absolute atomic E-state index is 13.1. The van der Waals surface area contributed by atoms with Gasteiger partial charge in [0.15, 0.2) is 0 Å². The lowest BCUT2D eigenvalue weighted by molar-refractivity contribution is -0.140. The summed E-state index contributed by atoms with van der Waals surface area (Å²) in [6.45, 7) is 3.40. The summed E-state index contributed by atoms with van der Waals surface area (Å²) in [5, 5.41) is 4.87. The third-order valence-electron chi connectivity index (χ3n) is 5.64. The highest BCUT2D eigenvalue weighted by Crippen LogP contribution is 2.42. The van der Waals surface area contributed by atoms with E-state index in [4.69, 9.17) is 0 Å². The molecule has 3 aliphatic rings. The second kappa shape index (κ2) is 6.12. The van der Waals surface area contributed by atoms with Gasteiger partial charge < -0.3 is 10.2 Å². The number of rotatable bonds is 2. The Morgan fingerprint density at radius 1 is 1.40 bits per heavy atom. The smallest absolute Gasteiger partial charge is 0.325 e. The van der Waals surface area contributed by atoms with E-state index in [1.165, 1.54) is 0 Å². The minimum atomic E-state index is -0.958. The van der Waals surface area contributed by atoms with Gasteiger partial charge in [0.25, 0.3) is 5.91 Å². The Morgan fingerprint density at radius 3 is 3.04 bits per heavy atom. The molecule has 134 valence electrons. The number of hydrogen-bond acceptors (Lipinski definition) is 4. The van der Waals surface area contributed by atoms with Crippen molar-refractivity contribution in [3.05, 3.63) is 21.9 Å². The fourth-order valence-corrected chi connectivity index (χ4v) is 5.34. The molecular formula is C18H23N3O3S. The molecule has 1 aromatic rings. The van der Waals surface area contributed by atoms with Crippen LogP contribution in [0.5, 0.6) is 0 Å². The third-order valence-corrected chi connectivity index (χ3v) is 6.62. The highest BCUT2D eigenvalue weighted by molar-refractivity contribution is 7.10. The van der Waals surface area contributed by atoms with Crippen LogP contribution in [-0.4, -0.2) is 47.3 Å². The predicted molar refractivity (Wildman–Crippen MR) is 94.2 cm³/mol. The van der Waals surface area contributed by atoms with Crippen LogP contribution in [-0.2, 0) is 21.5 Å². The summed E-state index contributed by atoms with van der Waals surface area (Å²) in [4.78, 5) is 42.3. The molecule has 1 N–H and O–H groups in total. The zero-order valence-electron chi connectivity index (χ0n) is 14.4. The zero-order valence-corrected chi connectivity index (χ0v) is 15.2. The van der Waals surface area contributed by atoms with E-state index in [9.17, 15) is 14.4 Å².